The summed E-state index contributed by atoms with van der Waals surface area (Å²) in [6.07, 6.45) is 3.96. The van der Waals surface area contributed by atoms with Gasteiger partial charge >= 0.3 is 11.9 Å². The molecule has 0 aromatic heterocycles. The molecule has 0 saturated heterocycles. The summed E-state index contributed by atoms with van der Waals surface area (Å²) in [6.45, 7) is 5.24. The van der Waals surface area contributed by atoms with Crippen molar-refractivity contribution >= 4 is 11.9 Å². The monoisotopic (exact) mass is 228 g/mol. The predicted octanol–water partition coefficient (Wildman–Crippen LogP) is 2.53. The Kier molecular flexibility index (Phi) is 7.25. The van der Waals surface area contributed by atoms with Crippen LogP contribution in [-0.4, -0.2) is 23.1 Å². The van der Waals surface area contributed by atoms with E-state index in [-0.39, 0.29) is 18.5 Å². The maximum Gasteiger partial charge on any atom is 0.303 e. The van der Waals surface area contributed by atoms with Crippen LogP contribution in [0.5, 0.6) is 0 Å². The summed E-state index contributed by atoms with van der Waals surface area (Å²) < 4.78 is 5.08. The second kappa shape index (κ2) is 7.91. The number of carboxylic acids is 1. The van der Waals surface area contributed by atoms with Crippen molar-refractivity contribution < 1.29 is 19.4 Å². The van der Waals surface area contributed by atoms with Crippen molar-refractivity contribution in [3.63, 3.8) is 0 Å². The molecule has 0 spiro atoms. The standard InChI is InChI=1S/C12H20O4/c1-4-11(16-10(3)13)7-5-9(2)6-8-12(14)15/h5,11H,4,6-8H2,1-3H3,(H,14,15)/b9-5+. The molecule has 16 heavy (non-hydrogen) atoms. The lowest BCUT2D eigenvalue weighted by atomic mass is 10.1. The molecule has 0 radical (unpaired) electrons. The van der Waals surface area contributed by atoms with Gasteiger partial charge in [0.2, 0.25) is 0 Å². The van der Waals surface area contributed by atoms with Crippen LogP contribution in [0.15, 0.2) is 11.6 Å². The quantitative estimate of drug-likeness (QED) is 0.537. The van der Waals surface area contributed by atoms with Gasteiger partial charge in [0, 0.05) is 19.8 Å². The van der Waals surface area contributed by atoms with Gasteiger partial charge in [0.25, 0.3) is 0 Å². The van der Waals surface area contributed by atoms with Crippen LogP contribution in [0, 0.1) is 0 Å². The zero-order chi connectivity index (χ0) is 12.6. The van der Waals surface area contributed by atoms with Crippen LogP contribution in [-0.2, 0) is 14.3 Å². The molecule has 0 rings (SSSR count). The molecule has 1 atom stereocenters. The normalized spacial score (nSPS) is 13.3. The van der Waals surface area contributed by atoms with E-state index in [1.165, 1.54) is 6.92 Å². The Morgan fingerprint density at radius 2 is 1.94 bits per heavy atom. The largest absolute Gasteiger partial charge is 0.481 e. The fraction of sp³-hybridized carbons (Fsp3) is 0.667. The molecule has 0 saturated carbocycles. The Morgan fingerprint density at radius 3 is 2.38 bits per heavy atom. The van der Waals surface area contributed by atoms with E-state index in [2.05, 4.69) is 0 Å². The Labute approximate surface area is 96.3 Å². The lowest BCUT2D eigenvalue weighted by Gasteiger charge is -2.13. The van der Waals surface area contributed by atoms with Gasteiger partial charge in [0.05, 0.1) is 0 Å². The molecule has 0 aliphatic carbocycles. The topological polar surface area (TPSA) is 63.6 Å². The number of ether oxygens (including phenoxy) is 1. The number of rotatable bonds is 7. The summed E-state index contributed by atoms with van der Waals surface area (Å²) >= 11 is 0. The second-order valence-corrected chi connectivity index (χ2v) is 3.82. The van der Waals surface area contributed by atoms with Gasteiger partial charge in [0.1, 0.15) is 6.10 Å². The smallest absolute Gasteiger partial charge is 0.303 e. The van der Waals surface area contributed by atoms with Gasteiger partial charge in [-0.25, -0.2) is 0 Å². The van der Waals surface area contributed by atoms with Crippen molar-refractivity contribution in [3.8, 4) is 0 Å². The van der Waals surface area contributed by atoms with E-state index >= 15 is 0 Å². The summed E-state index contributed by atoms with van der Waals surface area (Å²) in [6, 6.07) is 0. The van der Waals surface area contributed by atoms with Gasteiger partial charge in [-0.1, -0.05) is 18.6 Å². The number of hydrogen-bond donors (Lipinski definition) is 1. The number of aliphatic carboxylic acids is 1. The molecule has 4 nitrogen and oxygen atoms in total. The molecule has 0 fully saturated rings. The maximum absolute atomic E-state index is 10.8. The summed E-state index contributed by atoms with van der Waals surface area (Å²) in [5.41, 5.74) is 1.02. The van der Waals surface area contributed by atoms with E-state index in [0.717, 1.165) is 12.0 Å². The Bertz CT molecular complexity index is 268. The molecule has 0 aromatic rings. The molecule has 0 amide bonds. The van der Waals surface area contributed by atoms with Crippen molar-refractivity contribution in [2.45, 2.75) is 52.6 Å². The Morgan fingerprint density at radius 1 is 1.31 bits per heavy atom. The molecule has 1 N–H and O–H groups in total. The first-order valence-electron chi connectivity index (χ1n) is 5.50. The third kappa shape index (κ3) is 8.03. The average molecular weight is 228 g/mol. The van der Waals surface area contributed by atoms with Crippen LogP contribution in [0.3, 0.4) is 0 Å². The van der Waals surface area contributed by atoms with Crippen molar-refractivity contribution in [2.75, 3.05) is 0 Å². The summed E-state index contributed by atoms with van der Waals surface area (Å²) in [5, 5.41) is 8.51. The van der Waals surface area contributed by atoms with Crippen LogP contribution >= 0.6 is 0 Å². The first kappa shape index (κ1) is 14.7. The fourth-order valence-electron chi connectivity index (χ4n) is 1.27. The van der Waals surface area contributed by atoms with E-state index in [9.17, 15) is 9.59 Å². The molecule has 1 unspecified atom stereocenters. The molecule has 0 aromatic carbocycles. The Balaban J connectivity index is 4.01. The minimum absolute atomic E-state index is 0.0997. The van der Waals surface area contributed by atoms with Gasteiger partial charge < -0.3 is 9.84 Å². The lowest BCUT2D eigenvalue weighted by molar-refractivity contribution is -0.146. The first-order valence-corrected chi connectivity index (χ1v) is 5.50. The highest BCUT2D eigenvalue weighted by molar-refractivity contribution is 5.67. The fourth-order valence-corrected chi connectivity index (χ4v) is 1.27. The number of hydrogen-bond acceptors (Lipinski definition) is 3. The highest BCUT2D eigenvalue weighted by Gasteiger charge is 2.07. The number of carbonyl (C=O) groups excluding carboxylic acids is 1. The maximum atomic E-state index is 10.8. The highest BCUT2D eigenvalue weighted by Crippen LogP contribution is 2.10. The molecule has 0 aliphatic heterocycles. The third-order valence-corrected chi connectivity index (χ3v) is 2.25. The lowest BCUT2D eigenvalue weighted by Crippen LogP contribution is -2.14. The molecule has 4 heteroatoms. The zero-order valence-electron chi connectivity index (χ0n) is 10.2. The SMILES string of the molecule is CCC(C/C=C(\C)CCC(=O)O)OC(C)=O. The van der Waals surface area contributed by atoms with E-state index in [1.807, 2.05) is 19.9 Å². The van der Waals surface area contributed by atoms with Gasteiger partial charge in [0.15, 0.2) is 0 Å². The van der Waals surface area contributed by atoms with E-state index < -0.39 is 5.97 Å². The zero-order valence-corrected chi connectivity index (χ0v) is 10.2. The highest BCUT2D eigenvalue weighted by atomic mass is 16.5. The van der Waals surface area contributed by atoms with Gasteiger partial charge in [-0.05, 0) is 19.8 Å². The molecule has 0 heterocycles. The van der Waals surface area contributed by atoms with E-state index in [1.54, 1.807) is 0 Å². The molecular formula is C12H20O4. The minimum Gasteiger partial charge on any atom is -0.481 e. The molecule has 0 bridgehead atoms. The summed E-state index contributed by atoms with van der Waals surface area (Å²) in [7, 11) is 0. The molecular weight excluding hydrogens is 208 g/mol. The van der Waals surface area contributed by atoms with Gasteiger partial charge in [-0.3, -0.25) is 9.59 Å². The van der Waals surface area contributed by atoms with Gasteiger partial charge in [-0.2, -0.15) is 0 Å². The number of carbonyl (C=O) groups is 2. The number of esters is 1. The average Bonchev–Trinajstić information content (AvgIpc) is 2.20. The predicted molar refractivity (Wildman–Crippen MR) is 61.1 cm³/mol. The van der Waals surface area contributed by atoms with Crippen molar-refractivity contribution in [3.05, 3.63) is 11.6 Å². The second-order valence-electron chi connectivity index (χ2n) is 3.82. The first-order chi connectivity index (χ1) is 7.45. The van der Waals surface area contributed by atoms with Gasteiger partial charge in [-0.15, -0.1) is 0 Å². The number of allylic oxidation sites excluding steroid dienone is 1. The van der Waals surface area contributed by atoms with Crippen LogP contribution in [0.4, 0.5) is 0 Å². The minimum atomic E-state index is -0.792. The molecule has 92 valence electrons. The van der Waals surface area contributed by atoms with Crippen LogP contribution in [0.25, 0.3) is 0 Å². The molecule has 0 aliphatic rings. The van der Waals surface area contributed by atoms with Crippen molar-refractivity contribution in [2.24, 2.45) is 0 Å². The van der Waals surface area contributed by atoms with E-state index in [0.29, 0.717) is 12.8 Å². The summed E-state index contributed by atoms with van der Waals surface area (Å²) in [4.78, 5) is 21.1. The van der Waals surface area contributed by atoms with Crippen LogP contribution in [0.1, 0.15) is 46.5 Å². The van der Waals surface area contributed by atoms with E-state index in [4.69, 9.17) is 9.84 Å². The van der Waals surface area contributed by atoms with Crippen molar-refractivity contribution in [1.82, 2.24) is 0 Å². The van der Waals surface area contributed by atoms with Crippen LogP contribution < -0.4 is 0 Å². The number of carboxylic acid groups (broad SMARTS) is 1. The third-order valence-electron chi connectivity index (χ3n) is 2.25. The van der Waals surface area contributed by atoms with Crippen molar-refractivity contribution in [1.29, 1.82) is 0 Å². The Hall–Kier alpha value is -1.32. The summed E-state index contributed by atoms with van der Waals surface area (Å²) in [5.74, 6) is -1.07. The van der Waals surface area contributed by atoms with Crippen LogP contribution in [0.2, 0.25) is 0 Å².